The van der Waals surface area contributed by atoms with Gasteiger partial charge in [-0.05, 0) is 56.2 Å². The molecule has 4 rings (SSSR count). The third-order valence-corrected chi connectivity index (χ3v) is 8.26. The van der Waals surface area contributed by atoms with Crippen LogP contribution in [-0.4, -0.2) is 62.0 Å². The van der Waals surface area contributed by atoms with Gasteiger partial charge in [0.05, 0.1) is 17.1 Å². The van der Waals surface area contributed by atoms with E-state index in [0.717, 1.165) is 64.1 Å². The summed E-state index contributed by atoms with van der Waals surface area (Å²) in [6, 6.07) is 2.94. The molecule has 1 aromatic rings. The van der Waals surface area contributed by atoms with Crippen LogP contribution in [0.2, 0.25) is 0 Å². The van der Waals surface area contributed by atoms with Crippen LogP contribution < -0.4 is 4.90 Å². The van der Waals surface area contributed by atoms with Crippen molar-refractivity contribution in [3.63, 3.8) is 0 Å². The lowest BCUT2D eigenvalue weighted by Gasteiger charge is -2.40. The predicted octanol–water partition coefficient (Wildman–Crippen LogP) is 2.83. The summed E-state index contributed by atoms with van der Waals surface area (Å²) in [6.45, 7) is 3.53. The normalized spacial score (nSPS) is 29.0. The van der Waals surface area contributed by atoms with Crippen LogP contribution in [0, 0.1) is 11.8 Å². The average Bonchev–Trinajstić information content (AvgIpc) is 3.05. The van der Waals surface area contributed by atoms with E-state index >= 15 is 0 Å². The molecule has 9 heteroatoms. The molecule has 2 unspecified atom stereocenters. The van der Waals surface area contributed by atoms with Gasteiger partial charge in [0.2, 0.25) is 0 Å². The third kappa shape index (κ3) is 4.30. The minimum atomic E-state index is -4.37. The zero-order chi connectivity index (χ0) is 19.9. The number of aromatic nitrogens is 1. The van der Waals surface area contributed by atoms with Gasteiger partial charge in [0.15, 0.2) is 0 Å². The Balaban J connectivity index is 1.39. The Morgan fingerprint density at radius 2 is 1.79 bits per heavy atom. The molecule has 3 aliphatic rings. The Labute approximate surface area is 163 Å². The van der Waals surface area contributed by atoms with Crippen LogP contribution in [0.3, 0.4) is 0 Å². The van der Waals surface area contributed by atoms with Gasteiger partial charge in [0.25, 0.3) is 0 Å². The molecule has 0 saturated carbocycles. The number of halogens is 3. The van der Waals surface area contributed by atoms with E-state index in [2.05, 4.69) is 14.8 Å². The molecule has 0 amide bonds. The molecule has 0 aromatic carbocycles. The van der Waals surface area contributed by atoms with Crippen molar-refractivity contribution in [2.24, 2.45) is 11.8 Å². The maximum atomic E-state index is 12.8. The maximum Gasteiger partial charge on any atom is 0.417 e. The largest absolute Gasteiger partial charge is 0.417 e. The lowest BCUT2D eigenvalue weighted by molar-refractivity contribution is -0.137. The summed E-state index contributed by atoms with van der Waals surface area (Å²) < 4.78 is 61.6. The molecule has 0 bridgehead atoms. The topological polar surface area (TPSA) is 53.5 Å². The van der Waals surface area contributed by atoms with Gasteiger partial charge < -0.3 is 4.90 Å². The van der Waals surface area contributed by atoms with E-state index < -0.39 is 21.6 Å². The average molecular weight is 417 g/mol. The van der Waals surface area contributed by atoms with Crippen molar-refractivity contribution in [3.8, 4) is 0 Å². The van der Waals surface area contributed by atoms with Gasteiger partial charge in [0, 0.05) is 31.9 Å². The van der Waals surface area contributed by atoms with Crippen LogP contribution in [0.25, 0.3) is 0 Å². The summed E-state index contributed by atoms with van der Waals surface area (Å²) in [6.07, 6.45) is 0.179. The van der Waals surface area contributed by atoms with Crippen molar-refractivity contribution in [2.45, 2.75) is 37.9 Å². The van der Waals surface area contributed by atoms with Crippen molar-refractivity contribution in [1.29, 1.82) is 0 Å². The highest BCUT2D eigenvalue weighted by Crippen LogP contribution is 2.35. The summed E-state index contributed by atoms with van der Waals surface area (Å²) in [5.74, 6) is 2.21. The molecule has 0 radical (unpaired) electrons. The summed E-state index contributed by atoms with van der Waals surface area (Å²) in [7, 11) is -2.85. The standard InChI is InChI=1S/C19H26F3N3O2S/c20-19(21,22)16-1-2-18(23-11-16)25-8-4-15-3-7-24(17(15)13-25)12-14-5-9-28(26,27)10-6-14/h1-2,11,14-15,17H,3-10,12-13H2. The van der Waals surface area contributed by atoms with Crippen LogP contribution in [0.1, 0.15) is 31.2 Å². The molecule has 0 N–H and O–H groups in total. The second-order valence-corrected chi connectivity index (χ2v) is 10.6. The smallest absolute Gasteiger partial charge is 0.355 e. The molecule has 3 saturated heterocycles. The van der Waals surface area contributed by atoms with Crippen LogP contribution >= 0.6 is 0 Å². The highest BCUT2D eigenvalue weighted by molar-refractivity contribution is 7.91. The molecule has 2 atom stereocenters. The molecule has 3 fully saturated rings. The van der Waals surface area contributed by atoms with Gasteiger partial charge in [0.1, 0.15) is 15.7 Å². The van der Waals surface area contributed by atoms with E-state index in [9.17, 15) is 21.6 Å². The van der Waals surface area contributed by atoms with Crippen molar-refractivity contribution in [1.82, 2.24) is 9.88 Å². The number of hydrogen-bond donors (Lipinski definition) is 0. The van der Waals surface area contributed by atoms with Crippen molar-refractivity contribution < 1.29 is 21.6 Å². The zero-order valence-electron chi connectivity index (χ0n) is 15.7. The predicted molar refractivity (Wildman–Crippen MR) is 101 cm³/mol. The number of pyridine rings is 1. The summed E-state index contributed by atoms with van der Waals surface area (Å²) in [5, 5.41) is 0. The van der Waals surface area contributed by atoms with E-state index in [1.165, 1.54) is 6.07 Å². The number of nitrogens with zero attached hydrogens (tertiary/aromatic N) is 3. The first kappa shape index (κ1) is 19.9. The number of hydrogen-bond acceptors (Lipinski definition) is 5. The molecule has 28 heavy (non-hydrogen) atoms. The number of anilines is 1. The Morgan fingerprint density at radius 1 is 1.07 bits per heavy atom. The lowest BCUT2D eigenvalue weighted by atomic mass is 9.91. The molecule has 156 valence electrons. The van der Waals surface area contributed by atoms with Gasteiger partial charge in [-0.25, -0.2) is 13.4 Å². The fraction of sp³-hybridized carbons (Fsp3) is 0.737. The van der Waals surface area contributed by atoms with Gasteiger partial charge in [-0.1, -0.05) is 0 Å². The summed E-state index contributed by atoms with van der Waals surface area (Å²) in [4.78, 5) is 8.62. The first-order valence-electron chi connectivity index (χ1n) is 9.94. The lowest BCUT2D eigenvalue weighted by Crippen LogP contribution is -2.49. The van der Waals surface area contributed by atoms with Gasteiger partial charge in [-0.2, -0.15) is 13.2 Å². The number of fused-ring (bicyclic) bond motifs is 1. The van der Waals surface area contributed by atoms with E-state index in [-0.39, 0.29) is 0 Å². The van der Waals surface area contributed by atoms with E-state index in [0.29, 0.717) is 35.2 Å². The molecule has 4 heterocycles. The molecule has 0 aliphatic carbocycles. The fourth-order valence-corrected chi connectivity index (χ4v) is 6.45. The molecule has 5 nitrogen and oxygen atoms in total. The van der Waals surface area contributed by atoms with Gasteiger partial charge in [-0.15, -0.1) is 0 Å². The van der Waals surface area contributed by atoms with Crippen LogP contribution in [0.15, 0.2) is 18.3 Å². The second kappa shape index (κ2) is 7.48. The van der Waals surface area contributed by atoms with Gasteiger partial charge >= 0.3 is 6.18 Å². The first-order chi connectivity index (χ1) is 13.2. The summed E-state index contributed by atoms with van der Waals surface area (Å²) in [5.41, 5.74) is -0.721. The molecular weight excluding hydrogens is 391 g/mol. The molecule has 1 aromatic heterocycles. The van der Waals surface area contributed by atoms with Crippen LogP contribution in [0.4, 0.5) is 19.0 Å². The number of likely N-dealkylation sites (tertiary alicyclic amines) is 1. The third-order valence-electron chi connectivity index (χ3n) is 6.54. The Kier molecular flexibility index (Phi) is 5.33. The minimum Gasteiger partial charge on any atom is -0.355 e. The first-order valence-corrected chi connectivity index (χ1v) is 11.8. The number of rotatable bonds is 3. The number of alkyl halides is 3. The molecule has 3 aliphatic heterocycles. The highest BCUT2D eigenvalue weighted by Gasteiger charge is 2.40. The van der Waals surface area contributed by atoms with Crippen molar-refractivity contribution in [3.05, 3.63) is 23.9 Å². The molecular formula is C19H26F3N3O2S. The quantitative estimate of drug-likeness (QED) is 0.757. The Morgan fingerprint density at radius 3 is 2.43 bits per heavy atom. The second-order valence-electron chi connectivity index (χ2n) is 8.34. The number of sulfone groups is 1. The van der Waals surface area contributed by atoms with E-state index in [4.69, 9.17) is 0 Å². The maximum absolute atomic E-state index is 12.8. The van der Waals surface area contributed by atoms with Crippen molar-refractivity contribution >= 4 is 15.7 Å². The summed E-state index contributed by atoms with van der Waals surface area (Å²) >= 11 is 0. The zero-order valence-corrected chi connectivity index (χ0v) is 16.6. The SMILES string of the molecule is O=S1(=O)CCC(CN2CCC3CCN(c4ccc(C(F)(F)F)cn4)CC32)CC1. The fourth-order valence-electron chi connectivity index (χ4n) is 4.86. The Bertz CT molecular complexity index is 784. The van der Waals surface area contributed by atoms with Crippen LogP contribution in [0.5, 0.6) is 0 Å². The Hall–Kier alpha value is -1.35. The minimum absolute atomic E-state index is 0.293. The van der Waals surface area contributed by atoms with E-state index in [1.54, 1.807) is 0 Å². The monoisotopic (exact) mass is 417 g/mol. The van der Waals surface area contributed by atoms with Crippen molar-refractivity contribution in [2.75, 3.05) is 42.6 Å². The van der Waals surface area contributed by atoms with Gasteiger partial charge in [-0.3, -0.25) is 4.90 Å². The highest BCUT2D eigenvalue weighted by atomic mass is 32.2. The van der Waals surface area contributed by atoms with Crippen LogP contribution in [-0.2, 0) is 16.0 Å². The molecule has 0 spiro atoms. The number of piperidine rings is 1. The van der Waals surface area contributed by atoms with E-state index in [1.807, 2.05) is 0 Å².